The molecule has 1 fully saturated rings. The summed E-state index contributed by atoms with van der Waals surface area (Å²) in [5.41, 5.74) is 1.05. The summed E-state index contributed by atoms with van der Waals surface area (Å²) in [6, 6.07) is 11.7. The lowest BCUT2D eigenvalue weighted by Gasteiger charge is -2.12. The molecule has 1 aliphatic rings. The summed E-state index contributed by atoms with van der Waals surface area (Å²) in [6.07, 6.45) is 2.71. The third kappa shape index (κ3) is 5.41. The third-order valence-corrected chi connectivity index (χ3v) is 5.16. The van der Waals surface area contributed by atoms with E-state index in [4.69, 9.17) is 26.4 Å². The largest absolute Gasteiger partial charge is 0.497 e. The number of carbonyl (C=O) groups is 3. The second-order valence-corrected chi connectivity index (χ2v) is 7.45. The van der Waals surface area contributed by atoms with Gasteiger partial charge in [0.2, 0.25) is 0 Å². The lowest BCUT2D eigenvalue weighted by molar-refractivity contribution is -0.120. The van der Waals surface area contributed by atoms with Gasteiger partial charge in [0.15, 0.2) is 22.4 Å². The molecule has 2 N–H and O–H groups in total. The topological polar surface area (TPSA) is 106 Å². The Morgan fingerprint density at radius 1 is 1.00 bits per heavy atom. The molecule has 176 valence electrons. The molecule has 1 saturated heterocycles. The molecule has 0 unspecified atom stereocenters. The van der Waals surface area contributed by atoms with Crippen LogP contribution in [0.3, 0.4) is 0 Å². The number of ketones is 1. The number of carbonyl (C=O) groups excluding carboxylic acids is 3. The molecule has 0 bridgehead atoms. The molecule has 1 heterocycles. The summed E-state index contributed by atoms with van der Waals surface area (Å²) < 4.78 is 15.6. The van der Waals surface area contributed by atoms with E-state index in [0.717, 1.165) is 11.1 Å². The fraction of sp³-hybridized carbons (Fsp3) is 0.167. The number of nitrogens with zero attached hydrogens (tertiary/aromatic N) is 1. The highest BCUT2D eigenvalue weighted by atomic mass is 32.1. The summed E-state index contributed by atoms with van der Waals surface area (Å²) in [4.78, 5) is 38.9. The van der Waals surface area contributed by atoms with Gasteiger partial charge in [-0.15, -0.1) is 0 Å². The van der Waals surface area contributed by atoms with Crippen molar-refractivity contribution in [3.63, 3.8) is 0 Å². The maximum absolute atomic E-state index is 13.0. The fourth-order valence-corrected chi connectivity index (χ4v) is 3.33. The second kappa shape index (κ2) is 10.6. The van der Waals surface area contributed by atoms with Crippen molar-refractivity contribution in [2.75, 3.05) is 26.6 Å². The lowest BCUT2D eigenvalue weighted by Crippen LogP contribution is -2.29. The van der Waals surface area contributed by atoms with Crippen LogP contribution in [0.25, 0.3) is 6.08 Å². The zero-order valence-corrected chi connectivity index (χ0v) is 19.8. The molecule has 9 nitrogen and oxygen atoms in total. The number of Topliss-reactive ketones (excluding diaryl/α,β-unsaturated/α-hetero) is 1. The van der Waals surface area contributed by atoms with Crippen LogP contribution in [0.4, 0.5) is 5.69 Å². The molecule has 0 atom stereocenters. The average Bonchev–Trinajstić information content (AvgIpc) is 3.09. The van der Waals surface area contributed by atoms with E-state index in [9.17, 15) is 14.4 Å². The first-order chi connectivity index (χ1) is 16.3. The first-order valence-electron chi connectivity index (χ1n) is 10.0. The van der Waals surface area contributed by atoms with Gasteiger partial charge in [0.1, 0.15) is 11.4 Å². The van der Waals surface area contributed by atoms with Gasteiger partial charge in [0, 0.05) is 11.9 Å². The predicted molar refractivity (Wildman–Crippen MR) is 130 cm³/mol. The van der Waals surface area contributed by atoms with Gasteiger partial charge in [-0.25, -0.2) is 0 Å². The smallest absolute Gasteiger partial charge is 0.280 e. The maximum atomic E-state index is 13.0. The van der Waals surface area contributed by atoms with E-state index in [1.165, 1.54) is 28.3 Å². The number of hydrogen-bond acceptors (Lipinski definition) is 7. The van der Waals surface area contributed by atoms with Crippen molar-refractivity contribution in [2.45, 2.75) is 6.92 Å². The normalized spacial score (nSPS) is 14.6. The van der Waals surface area contributed by atoms with Gasteiger partial charge in [-0.3, -0.25) is 19.3 Å². The quantitative estimate of drug-likeness (QED) is 0.257. The van der Waals surface area contributed by atoms with E-state index in [2.05, 4.69) is 10.6 Å². The van der Waals surface area contributed by atoms with Gasteiger partial charge in [-0.2, -0.15) is 0 Å². The predicted octanol–water partition coefficient (Wildman–Crippen LogP) is 2.88. The fourth-order valence-electron chi connectivity index (χ4n) is 3.09. The first-order valence-corrected chi connectivity index (χ1v) is 10.4. The Bertz CT molecular complexity index is 1200. The Kier molecular flexibility index (Phi) is 7.64. The van der Waals surface area contributed by atoms with Crippen LogP contribution in [0.2, 0.25) is 0 Å². The molecular weight excluding hydrogens is 458 g/mol. The van der Waals surface area contributed by atoms with E-state index < -0.39 is 17.6 Å². The van der Waals surface area contributed by atoms with Crippen molar-refractivity contribution >= 4 is 46.7 Å². The molecular formula is C24H23N3O6S. The van der Waals surface area contributed by atoms with Gasteiger partial charge < -0.3 is 24.8 Å². The Morgan fingerprint density at radius 2 is 1.68 bits per heavy atom. The van der Waals surface area contributed by atoms with E-state index in [-0.39, 0.29) is 16.4 Å². The van der Waals surface area contributed by atoms with E-state index in [1.807, 2.05) is 0 Å². The number of nitrogens with one attached hydrogen (secondary N) is 2. The van der Waals surface area contributed by atoms with Crippen molar-refractivity contribution in [1.29, 1.82) is 0 Å². The lowest BCUT2D eigenvalue weighted by atomic mass is 10.1. The minimum atomic E-state index is -0.675. The molecule has 0 spiro atoms. The maximum Gasteiger partial charge on any atom is 0.280 e. The van der Waals surface area contributed by atoms with E-state index in [0.29, 0.717) is 28.5 Å². The van der Waals surface area contributed by atoms with Crippen molar-refractivity contribution in [1.82, 2.24) is 10.2 Å². The molecule has 0 saturated carbocycles. The number of rotatable bonds is 8. The Morgan fingerprint density at radius 3 is 2.26 bits per heavy atom. The Labute approximate surface area is 202 Å². The summed E-state index contributed by atoms with van der Waals surface area (Å²) in [7, 11) is 4.57. The number of thiocarbonyl (C=S) groups is 1. The minimum absolute atomic E-state index is 0.0349. The van der Waals surface area contributed by atoms with Crippen LogP contribution in [-0.4, -0.2) is 48.9 Å². The molecule has 0 aliphatic carbocycles. The van der Waals surface area contributed by atoms with Crippen molar-refractivity contribution in [2.24, 2.45) is 0 Å². The van der Waals surface area contributed by atoms with Crippen LogP contribution in [0.1, 0.15) is 12.5 Å². The van der Waals surface area contributed by atoms with Crippen LogP contribution in [-0.2, 0) is 14.4 Å². The van der Waals surface area contributed by atoms with Gasteiger partial charge in [0.05, 0.1) is 26.9 Å². The van der Waals surface area contributed by atoms with Crippen LogP contribution in [0, 0.1) is 0 Å². The molecule has 2 aromatic rings. The Hall–Kier alpha value is -4.18. The highest BCUT2D eigenvalue weighted by Gasteiger charge is 2.31. The van der Waals surface area contributed by atoms with Gasteiger partial charge in [-0.05, 0) is 67.2 Å². The molecule has 3 rings (SSSR count). The third-order valence-electron chi connectivity index (χ3n) is 4.86. The van der Waals surface area contributed by atoms with E-state index in [1.54, 1.807) is 48.5 Å². The van der Waals surface area contributed by atoms with Crippen LogP contribution in [0.15, 0.2) is 59.9 Å². The van der Waals surface area contributed by atoms with Gasteiger partial charge >= 0.3 is 0 Å². The molecule has 0 radical (unpaired) electrons. The zero-order chi connectivity index (χ0) is 24.8. The highest BCUT2D eigenvalue weighted by Crippen LogP contribution is 2.29. The minimum Gasteiger partial charge on any atom is -0.497 e. The van der Waals surface area contributed by atoms with Gasteiger partial charge in [0.25, 0.3) is 11.8 Å². The molecule has 0 aromatic heterocycles. The molecule has 10 heteroatoms. The average molecular weight is 482 g/mol. The number of benzene rings is 2. The monoisotopic (exact) mass is 481 g/mol. The number of ether oxygens (including phenoxy) is 3. The van der Waals surface area contributed by atoms with Gasteiger partial charge in [-0.1, -0.05) is 6.07 Å². The Balaban J connectivity index is 1.84. The van der Waals surface area contributed by atoms with Crippen LogP contribution < -0.4 is 24.8 Å². The van der Waals surface area contributed by atoms with Crippen molar-refractivity contribution < 1.29 is 28.6 Å². The molecule has 2 aromatic carbocycles. The number of amides is 2. The molecule has 2 amide bonds. The standard InChI is InChI=1S/C24H23N3O6S/c1-14(28)18(22(29)25-16-6-8-17(31-2)9-7-16)13-27-23(30)19(26-24(27)34)11-15-5-10-20(32-3)21(12-15)33-4/h5-13H,1-4H3,(H,25,29)(H,26,34)/b18-13-,19-11-. The van der Waals surface area contributed by atoms with Crippen molar-refractivity contribution in [3.8, 4) is 17.2 Å². The summed E-state index contributed by atoms with van der Waals surface area (Å²) >= 11 is 5.25. The zero-order valence-electron chi connectivity index (χ0n) is 19.0. The number of methoxy groups -OCH3 is 3. The van der Waals surface area contributed by atoms with Crippen LogP contribution >= 0.6 is 12.2 Å². The highest BCUT2D eigenvalue weighted by molar-refractivity contribution is 7.80. The second-order valence-electron chi connectivity index (χ2n) is 7.06. The summed E-state index contributed by atoms with van der Waals surface area (Å²) in [5, 5.41) is 5.47. The first kappa shape index (κ1) is 24.5. The van der Waals surface area contributed by atoms with E-state index >= 15 is 0 Å². The summed E-state index contributed by atoms with van der Waals surface area (Å²) in [5.74, 6) is -0.0615. The molecule has 1 aliphatic heterocycles. The molecule has 34 heavy (non-hydrogen) atoms. The number of anilines is 1. The van der Waals surface area contributed by atoms with Crippen LogP contribution in [0.5, 0.6) is 17.2 Å². The summed E-state index contributed by atoms with van der Waals surface area (Å²) in [6.45, 7) is 1.23. The SMILES string of the molecule is COc1ccc(NC(=O)/C(=C\N2C(=O)/C(=C/c3ccc(OC)c(OC)c3)NC2=S)C(C)=O)cc1. The van der Waals surface area contributed by atoms with Crippen molar-refractivity contribution in [3.05, 3.63) is 65.5 Å². The number of hydrogen-bond donors (Lipinski definition) is 2.